The molecule has 3 heteroatoms. The SMILES string of the molecule is CC(C)CCCC=Cc1cc(O)cc(O)c1O. The minimum atomic E-state index is -0.299. The van der Waals surface area contributed by atoms with Gasteiger partial charge in [-0.2, -0.15) is 0 Å². The maximum atomic E-state index is 9.55. The molecule has 0 radical (unpaired) electrons. The van der Waals surface area contributed by atoms with Gasteiger partial charge in [-0.15, -0.1) is 0 Å². The number of rotatable bonds is 5. The zero-order valence-corrected chi connectivity index (χ0v) is 10.3. The molecular formula is C14H20O3. The van der Waals surface area contributed by atoms with Crippen LogP contribution in [0.3, 0.4) is 0 Å². The maximum absolute atomic E-state index is 9.55. The Morgan fingerprint density at radius 3 is 2.53 bits per heavy atom. The summed E-state index contributed by atoms with van der Waals surface area (Å²) in [7, 11) is 0. The summed E-state index contributed by atoms with van der Waals surface area (Å²) in [5, 5.41) is 28.2. The molecule has 0 atom stereocenters. The van der Waals surface area contributed by atoms with Crippen LogP contribution in [0.15, 0.2) is 18.2 Å². The van der Waals surface area contributed by atoms with Gasteiger partial charge in [0.1, 0.15) is 5.75 Å². The van der Waals surface area contributed by atoms with Crippen molar-refractivity contribution in [3.8, 4) is 17.2 Å². The van der Waals surface area contributed by atoms with Crippen LogP contribution in [-0.2, 0) is 0 Å². The van der Waals surface area contributed by atoms with Gasteiger partial charge >= 0.3 is 0 Å². The molecular weight excluding hydrogens is 216 g/mol. The lowest BCUT2D eigenvalue weighted by Gasteiger charge is -2.03. The van der Waals surface area contributed by atoms with E-state index >= 15 is 0 Å². The summed E-state index contributed by atoms with van der Waals surface area (Å²) in [6.45, 7) is 4.37. The molecule has 0 spiro atoms. The number of hydrogen-bond acceptors (Lipinski definition) is 3. The first kappa shape index (κ1) is 13.4. The predicted molar refractivity (Wildman–Crippen MR) is 69.2 cm³/mol. The van der Waals surface area contributed by atoms with Crippen LogP contribution in [0.25, 0.3) is 6.08 Å². The van der Waals surface area contributed by atoms with Gasteiger partial charge in [-0.3, -0.25) is 0 Å². The summed E-state index contributed by atoms with van der Waals surface area (Å²) in [6.07, 6.45) is 6.85. The first-order valence-corrected chi connectivity index (χ1v) is 5.92. The van der Waals surface area contributed by atoms with Gasteiger partial charge < -0.3 is 15.3 Å². The van der Waals surface area contributed by atoms with Crippen molar-refractivity contribution in [2.24, 2.45) is 5.92 Å². The smallest absolute Gasteiger partial charge is 0.165 e. The van der Waals surface area contributed by atoms with Crippen LogP contribution in [0.4, 0.5) is 0 Å². The van der Waals surface area contributed by atoms with Crippen LogP contribution >= 0.6 is 0 Å². The van der Waals surface area contributed by atoms with Crippen LogP contribution in [0.2, 0.25) is 0 Å². The molecule has 1 aromatic carbocycles. The van der Waals surface area contributed by atoms with Crippen LogP contribution < -0.4 is 0 Å². The zero-order chi connectivity index (χ0) is 12.8. The van der Waals surface area contributed by atoms with E-state index in [2.05, 4.69) is 13.8 Å². The highest BCUT2D eigenvalue weighted by Gasteiger charge is 2.05. The van der Waals surface area contributed by atoms with Gasteiger partial charge in [-0.25, -0.2) is 0 Å². The number of phenolic OH excluding ortho intramolecular Hbond substituents is 3. The van der Waals surface area contributed by atoms with Crippen LogP contribution in [-0.4, -0.2) is 15.3 Å². The Balaban J connectivity index is 2.59. The van der Waals surface area contributed by atoms with Gasteiger partial charge in [0.05, 0.1) is 0 Å². The van der Waals surface area contributed by atoms with E-state index in [0.29, 0.717) is 11.5 Å². The molecule has 1 aromatic rings. The van der Waals surface area contributed by atoms with Crippen molar-refractivity contribution in [1.29, 1.82) is 0 Å². The van der Waals surface area contributed by atoms with Gasteiger partial charge in [0.2, 0.25) is 0 Å². The molecule has 3 N–H and O–H groups in total. The second kappa shape index (κ2) is 6.18. The summed E-state index contributed by atoms with van der Waals surface area (Å²) in [6, 6.07) is 2.54. The Morgan fingerprint density at radius 2 is 1.88 bits per heavy atom. The Bertz CT molecular complexity index is 395. The molecule has 94 valence electrons. The Hall–Kier alpha value is -1.64. The first-order chi connectivity index (χ1) is 8.00. The second-order valence-corrected chi connectivity index (χ2v) is 4.63. The summed E-state index contributed by atoms with van der Waals surface area (Å²) in [4.78, 5) is 0. The quantitative estimate of drug-likeness (QED) is 0.415. The minimum Gasteiger partial charge on any atom is -0.508 e. The molecule has 0 saturated heterocycles. The number of aromatic hydroxyl groups is 3. The standard InChI is InChI=1S/C14H20O3/c1-10(2)6-4-3-5-7-11-8-12(15)9-13(16)14(11)17/h5,7-10,15-17H,3-4,6H2,1-2H3. The molecule has 0 aliphatic carbocycles. The highest BCUT2D eigenvalue weighted by atomic mass is 16.3. The molecule has 0 aliphatic rings. The third kappa shape index (κ3) is 4.39. The molecule has 0 fully saturated rings. The molecule has 0 bridgehead atoms. The molecule has 0 aromatic heterocycles. The molecule has 0 saturated carbocycles. The second-order valence-electron chi connectivity index (χ2n) is 4.63. The van der Waals surface area contributed by atoms with E-state index in [4.69, 9.17) is 0 Å². The third-order valence-corrected chi connectivity index (χ3v) is 2.55. The fraction of sp³-hybridized carbons (Fsp3) is 0.429. The molecule has 17 heavy (non-hydrogen) atoms. The number of unbranched alkanes of at least 4 members (excludes halogenated alkanes) is 1. The highest BCUT2D eigenvalue weighted by molar-refractivity contribution is 5.63. The normalized spacial score (nSPS) is 11.5. The summed E-state index contributed by atoms with van der Waals surface area (Å²) >= 11 is 0. The van der Waals surface area contributed by atoms with Crippen molar-refractivity contribution in [2.75, 3.05) is 0 Å². The van der Waals surface area contributed by atoms with Crippen molar-refractivity contribution in [3.63, 3.8) is 0 Å². The van der Waals surface area contributed by atoms with Crippen molar-refractivity contribution in [1.82, 2.24) is 0 Å². The lowest BCUT2D eigenvalue weighted by Crippen LogP contribution is -1.85. The van der Waals surface area contributed by atoms with Gasteiger partial charge in [0.15, 0.2) is 11.5 Å². The van der Waals surface area contributed by atoms with Crippen LogP contribution in [0.1, 0.15) is 38.7 Å². The summed E-state index contributed by atoms with van der Waals surface area (Å²) in [5.41, 5.74) is 0.437. The zero-order valence-electron chi connectivity index (χ0n) is 10.3. The molecule has 0 aliphatic heterocycles. The number of hydrogen-bond donors (Lipinski definition) is 3. The Morgan fingerprint density at radius 1 is 1.18 bits per heavy atom. The largest absolute Gasteiger partial charge is 0.508 e. The minimum absolute atomic E-state index is 0.0536. The lowest BCUT2D eigenvalue weighted by molar-refractivity contribution is 0.395. The van der Waals surface area contributed by atoms with E-state index in [1.165, 1.54) is 12.5 Å². The van der Waals surface area contributed by atoms with E-state index in [9.17, 15) is 15.3 Å². The molecule has 1 rings (SSSR count). The third-order valence-electron chi connectivity index (χ3n) is 2.55. The predicted octanol–water partition coefficient (Wildman–Crippen LogP) is 3.64. The van der Waals surface area contributed by atoms with Gasteiger partial charge in [-0.05, 0) is 24.8 Å². The summed E-state index contributed by atoms with van der Waals surface area (Å²) < 4.78 is 0. The van der Waals surface area contributed by atoms with Crippen molar-refractivity contribution in [2.45, 2.75) is 33.1 Å². The number of benzene rings is 1. The average molecular weight is 236 g/mol. The van der Waals surface area contributed by atoms with E-state index in [1.54, 1.807) is 6.08 Å². The number of allylic oxidation sites excluding steroid dienone is 1. The van der Waals surface area contributed by atoms with Gasteiger partial charge in [0, 0.05) is 11.6 Å². The fourth-order valence-electron chi connectivity index (χ4n) is 1.61. The van der Waals surface area contributed by atoms with Gasteiger partial charge in [-0.1, -0.05) is 32.4 Å². The molecule has 3 nitrogen and oxygen atoms in total. The number of phenols is 3. The van der Waals surface area contributed by atoms with Gasteiger partial charge in [0.25, 0.3) is 0 Å². The van der Waals surface area contributed by atoms with Crippen LogP contribution in [0, 0.1) is 5.92 Å². The lowest BCUT2D eigenvalue weighted by atomic mass is 10.1. The maximum Gasteiger partial charge on any atom is 0.165 e. The van der Waals surface area contributed by atoms with Crippen LogP contribution in [0.5, 0.6) is 17.2 Å². The van der Waals surface area contributed by atoms with E-state index < -0.39 is 0 Å². The Labute approximate surface area is 102 Å². The fourth-order valence-corrected chi connectivity index (χ4v) is 1.61. The van der Waals surface area contributed by atoms with E-state index in [0.717, 1.165) is 18.9 Å². The van der Waals surface area contributed by atoms with Crippen molar-refractivity contribution in [3.05, 3.63) is 23.8 Å². The first-order valence-electron chi connectivity index (χ1n) is 5.92. The van der Waals surface area contributed by atoms with Crippen molar-refractivity contribution >= 4 is 6.08 Å². The monoisotopic (exact) mass is 236 g/mol. The van der Waals surface area contributed by atoms with E-state index in [1.807, 2.05) is 6.08 Å². The molecule has 0 heterocycles. The average Bonchev–Trinajstić information content (AvgIpc) is 2.23. The molecule has 0 unspecified atom stereocenters. The van der Waals surface area contributed by atoms with E-state index in [-0.39, 0.29) is 17.2 Å². The highest BCUT2D eigenvalue weighted by Crippen LogP contribution is 2.33. The molecule has 0 amide bonds. The Kier molecular flexibility index (Phi) is 4.88. The topological polar surface area (TPSA) is 60.7 Å². The summed E-state index contributed by atoms with van der Waals surface area (Å²) in [5.74, 6) is 0.151. The van der Waals surface area contributed by atoms with Crippen molar-refractivity contribution < 1.29 is 15.3 Å².